The maximum Gasteiger partial charge on any atom is 0.253 e. The van der Waals surface area contributed by atoms with Crippen molar-refractivity contribution in [2.45, 2.75) is 6.42 Å². The molecule has 0 saturated carbocycles. The van der Waals surface area contributed by atoms with Gasteiger partial charge in [0.1, 0.15) is 5.82 Å². The van der Waals surface area contributed by atoms with E-state index in [9.17, 15) is 4.79 Å². The molecule has 2 aliphatic heterocycles. The molecule has 0 atom stereocenters. The van der Waals surface area contributed by atoms with Gasteiger partial charge in [-0.15, -0.1) is 0 Å². The average molecular weight is 431 g/mol. The summed E-state index contributed by atoms with van der Waals surface area (Å²) in [6, 6.07) is 14.1. The van der Waals surface area contributed by atoms with Crippen LogP contribution in [0.4, 0.5) is 11.5 Å². The predicted octanol–water partition coefficient (Wildman–Crippen LogP) is 2.67. The standard InChI is InChI=1S/C24H26N6O2/c1-29(27-16-18-4-2-3-5-22(18)30-10-12-32-13-11-30)23-14-17(6-8-25-23)21-15-19-20(28-21)7-9-26-24(19)31/h2-6,8,14-16,28H,7,9-13H2,1H3,(H,26,31). The second-order valence-corrected chi connectivity index (χ2v) is 7.91. The third-order valence-electron chi connectivity index (χ3n) is 5.85. The molecule has 2 N–H and O–H groups in total. The number of aromatic amines is 1. The first-order valence-corrected chi connectivity index (χ1v) is 10.8. The Kier molecular flexibility index (Phi) is 5.60. The number of pyridine rings is 1. The quantitative estimate of drug-likeness (QED) is 0.480. The van der Waals surface area contributed by atoms with E-state index in [1.807, 2.05) is 43.6 Å². The van der Waals surface area contributed by atoms with Gasteiger partial charge in [0, 0.05) is 67.5 Å². The van der Waals surface area contributed by atoms with Crippen molar-refractivity contribution in [3.8, 4) is 11.3 Å². The highest BCUT2D eigenvalue weighted by Gasteiger charge is 2.20. The lowest BCUT2D eigenvalue weighted by molar-refractivity contribution is 0.0946. The number of morpholine rings is 1. The largest absolute Gasteiger partial charge is 0.378 e. The molecule has 1 saturated heterocycles. The topological polar surface area (TPSA) is 85.9 Å². The Morgan fingerprint density at radius 3 is 2.88 bits per heavy atom. The van der Waals surface area contributed by atoms with E-state index < -0.39 is 0 Å². The molecule has 32 heavy (non-hydrogen) atoms. The molecule has 0 bridgehead atoms. The number of carbonyl (C=O) groups is 1. The fraction of sp³-hybridized carbons (Fsp3) is 0.292. The van der Waals surface area contributed by atoms with Crippen LogP contribution >= 0.6 is 0 Å². The summed E-state index contributed by atoms with van der Waals surface area (Å²) in [5.41, 5.74) is 5.79. The number of hydrogen-bond donors (Lipinski definition) is 2. The van der Waals surface area contributed by atoms with Crippen molar-refractivity contribution in [2.75, 3.05) is 49.8 Å². The molecule has 0 radical (unpaired) electrons. The monoisotopic (exact) mass is 430 g/mol. The highest BCUT2D eigenvalue weighted by molar-refractivity contribution is 5.97. The Labute approximate surface area is 186 Å². The lowest BCUT2D eigenvalue weighted by Gasteiger charge is -2.30. The van der Waals surface area contributed by atoms with Crippen molar-refractivity contribution < 1.29 is 9.53 Å². The van der Waals surface area contributed by atoms with Gasteiger partial charge < -0.3 is 19.9 Å². The minimum absolute atomic E-state index is 0.0244. The molecule has 0 unspecified atom stereocenters. The number of hydrazone groups is 1. The summed E-state index contributed by atoms with van der Waals surface area (Å²) in [4.78, 5) is 22.3. The smallest absolute Gasteiger partial charge is 0.253 e. The number of H-pyrrole nitrogens is 1. The van der Waals surface area contributed by atoms with Gasteiger partial charge in [0.2, 0.25) is 0 Å². The summed E-state index contributed by atoms with van der Waals surface area (Å²) in [6.45, 7) is 3.90. The predicted molar refractivity (Wildman–Crippen MR) is 126 cm³/mol. The second-order valence-electron chi connectivity index (χ2n) is 7.91. The number of hydrogen-bond acceptors (Lipinski definition) is 6. The summed E-state index contributed by atoms with van der Waals surface area (Å²) >= 11 is 0. The van der Waals surface area contributed by atoms with Crippen LogP contribution < -0.4 is 15.2 Å². The summed E-state index contributed by atoms with van der Waals surface area (Å²) in [5, 5.41) is 9.29. The lowest BCUT2D eigenvalue weighted by Crippen LogP contribution is -2.36. The zero-order chi connectivity index (χ0) is 21.9. The van der Waals surface area contributed by atoms with Crippen LogP contribution in [0.1, 0.15) is 21.6 Å². The second kappa shape index (κ2) is 8.84. The highest BCUT2D eigenvalue weighted by Crippen LogP contribution is 2.26. The van der Waals surface area contributed by atoms with Gasteiger partial charge >= 0.3 is 0 Å². The lowest BCUT2D eigenvalue weighted by atomic mass is 10.1. The van der Waals surface area contributed by atoms with Gasteiger partial charge in [0.25, 0.3) is 5.91 Å². The minimum Gasteiger partial charge on any atom is -0.378 e. The zero-order valence-electron chi connectivity index (χ0n) is 18.0. The van der Waals surface area contributed by atoms with Crippen LogP contribution in [0.5, 0.6) is 0 Å². The van der Waals surface area contributed by atoms with E-state index in [0.717, 1.165) is 72.3 Å². The molecule has 0 spiro atoms. The van der Waals surface area contributed by atoms with Crippen LogP contribution in [0.15, 0.2) is 53.8 Å². The van der Waals surface area contributed by atoms with E-state index >= 15 is 0 Å². The van der Waals surface area contributed by atoms with Crippen LogP contribution in [0.25, 0.3) is 11.3 Å². The Morgan fingerprint density at radius 1 is 1.19 bits per heavy atom. The van der Waals surface area contributed by atoms with E-state index in [0.29, 0.717) is 6.54 Å². The Hall–Kier alpha value is -3.65. The molecular formula is C24H26N6O2. The molecule has 1 aromatic carbocycles. The van der Waals surface area contributed by atoms with E-state index in [-0.39, 0.29) is 5.91 Å². The van der Waals surface area contributed by atoms with Crippen LogP contribution in [-0.2, 0) is 11.2 Å². The number of benzene rings is 1. The maximum atomic E-state index is 12.1. The number of amides is 1. The normalized spacial score (nSPS) is 16.2. The number of fused-ring (bicyclic) bond motifs is 1. The van der Waals surface area contributed by atoms with E-state index in [1.165, 1.54) is 0 Å². The van der Waals surface area contributed by atoms with Crippen molar-refractivity contribution >= 4 is 23.6 Å². The summed E-state index contributed by atoms with van der Waals surface area (Å²) < 4.78 is 5.48. The summed E-state index contributed by atoms with van der Waals surface area (Å²) in [6.07, 6.45) is 4.45. The molecular weight excluding hydrogens is 404 g/mol. The number of nitrogens with one attached hydrogen (secondary N) is 2. The highest BCUT2D eigenvalue weighted by atomic mass is 16.5. The number of carbonyl (C=O) groups excluding carboxylic acids is 1. The fourth-order valence-electron chi connectivity index (χ4n) is 4.11. The maximum absolute atomic E-state index is 12.1. The molecule has 4 heterocycles. The van der Waals surface area contributed by atoms with E-state index in [2.05, 4.69) is 37.4 Å². The molecule has 8 nitrogen and oxygen atoms in total. The van der Waals surface area contributed by atoms with Crippen molar-refractivity contribution in [3.05, 3.63) is 65.5 Å². The molecule has 164 valence electrons. The zero-order valence-corrected chi connectivity index (χ0v) is 18.0. The summed E-state index contributed by atoms with van der Waals surface area (Å²) in [7, 11) is 1.88. The first-order valence-electron chi connectivity index (χ1n) is 10.8. The van der Waals surface area contributed by atoms with Crippen LogP contribution in [0.2, 0.25) is 0 Å². The van der Waals surface area contributed by atoms with E-state index in [4.69, 9.17) is 4.74 Å². The van der Waals surface area contributed by atoms with Crippen LogP contribution in [0, 0.1) is 0 Å². The van der Waals surface area contributed by atoms with Crippen LogP contribution in [-0.4, -0.2) is 62.0 Å². The van der Waals surface area contributed by atoms with Gasteiger partial charge in [-0.1, -0.05) is 18.2 Å². The third-order valence-corrected chi connectivity index (χ3v) is 5.85. The SMILES string of the molecule is CN(N=Cc1ccccc1N1CCOCC1)c1cc(-c2cc3c([nH]2)CCNC3=O)ccn1. The number of aromatic nitrogens is 2. The number of anilines is 2. The van der Waals surface area contributed by atoms with E-state index in [1.54, 1.807) is 11.2 Å². The van der Waals surface area contributed by atoms with Gasteiger partial charge in [0.05, 0.1) is 25.0 Å². The molecule has 8 heteroatoms. The fourth-order valence-corrected chi connectivity index (χ4v) is 4.11. The summed E-state index contributed by atoms with van der Waals surface area (Å²) in [5.74, 6) is 0.698. The molecule has 3 aromatic rings. The first kappa shape index (κ1) is 20.3. The van der Waals surface area contributed by atoms with Gasteiger partial charge in [-0.3, -0.25) is 9.80 Å². The Balaban J connectivity index is 1.37. The van der Waals surface area contributed by atoms with Crippen molar-refractivity contribution in [2.24, 2.45) is 5.10 Å². The van der Waals surface area contributed by atoms with Crippen LogP contribution in [0.3, 0.4) is 0 Å². The molecule has 5 rings (SSSR count). The molecule has 2 aromatic heterocycles. The van der Waals surface area contributed by atoms with Crippen molar-refractivity contribution in [1.29, 1.82) is 0 Å². The molecule has 1 fully saturated rings. The molecule has 0 aliphatic carbocycles. The third kappa shape index (κ3) is 4.09. The minimum atomic E-state index is -0.0244. The number of ether oxygens (including phenoxy) is 1. The number of para-hydroxylation sites is 1. The van der Waals surface area contributed by atoms with Gasteiger partial charge in [0.15, 0.2) is 0 Å². The molecule has 2 aliphatic rings. The number of nitrogens with zero attached hydrogens (tertiary/aromatic N) is 4. The van der Waals surface area contributed by atoms with Gasteiger partial charge in [-0.2, -0.15) is 5.10 Å². The van der Waals surface area contributed by atoms with Gasteiger partial charge in [-0.25, -0.2) is 4.98 Å². The Bertz CT molecular complexity index is 1150. The number of rotatable bonds is 5. The van der Waals surface area contributed by atoms with Gasteiger partial charge in [-0.05, 0) is 24.3 Å². The Morgan fingerprint density at radius 2 is 2.03 bits per heavy atom. The first-order chi connectivity index (χ1) is 15.7. The molecule has 1 amide bonds. The average Bonchev–Trinajstić information content (AvgIpc) is 3.29. The van der Waals surface area contributed by atoms with Crippen molar-refractivity contribution in [3.63, 3.8) is 0 Å². The van der Waals surface area contributed by atoms with Crippen molar-refractivity contribution in [1.82, 2.24) is 15.3 Å².